The summed E-state index contributed by atoms with van der Waals surface area (Å²) >= 11 is 0. The minimum atomic E-state index is -0.278. The Labute approximate surface area is 232 Å². The first-order chi connectivity index (χ1) is 18.6. The van der Waals surface area contributed by atoms with Gasteiger partial charge in [0.1, 0.15) is 11.6 Å². The first-order valence-corrected chi connectivity index (χ1v) is 16.2. The largest absolute Gasteiger partial charge is 0.206 e. The minimum Gasteiger partial charge on any atom is -0.206 e. The summed E-state index contributed by atoms with van der Waals surface area (Å²) < 4.78 is 30.5. The van der Waals surface area contributed by atoms with E-state index in [9.17, 15) is 0 Å². The fourth-order valence-electron chi connectivity index (χ4n) is 7.30. The Morgan fingerprint density at radius 3 is 1.26 bits per heavy atom. The summed E-state index contributed by atoms with van der Waals surface area (Å²) in [5.41, 5.74) is 3.00. The standard InChI is InChI=1S/C36H52F2/c1-3-5-7-9-11-27-13-17-29(18-14-27)31-21-23-33(35(37)25-31)34-24-22-32(26-36(34)38)30-19-15-28(16-20-30)12-10-8-6-4-2/h21-30H,3-20H2,1-2H3. The summed E-state index contributed by atoms with van der Waals surface area (Å²) in [5, 5.41) is 0. The third kappa shape index (κ3) is 8.15. The van der Waals surface area contributed by atoms with Crippen molar-refractivity contribution in [3.05, 3.63) is 59.2 Å². The van der Waals surface area contributed by atoms with Crippen molar-refractivity contribution in [3.8, 4) is 11.1 Å². The van der Waals surface area contributed by atoms with Crippen LogP contribution < -0.4 is 0 Å². The predicted octanol–water partition coefficient (Wildman–Crippen LogP) is 12.1. The second-order valence-electron chi connectivity index (χ2n) is 12.6. The average Bonchev–Trinajstić information content (AvgIpc) is 2.94. The quantitative estimate of drug-likeness (QED) is 0.229. The van der Waals surface area contributed by atoms with Crippen LogP contribution in [0.5, 0.6) is 0 Å². The zero-order valence-electron chi connectivity index (χ0n) is 24.3. The van der Waals surface area contributed by atoms with Gasteiger partial charge in [-0.15, -0.1) is 0 Å². The highest BCUT2D eigenvalue weighted by Crippen LogP contribution is 2.41. The van der Waals surface area contributed by atoms with Gasteiger partial charge < -0.3 is 0 Å². The normalized spacial score (nSPS) is 24.0. The van der Waals surface area contributed by atoms with E-state index >= 15 is 8.78 Å². The molecule has 0 amide bonds. The smallest absolute Gasteiger partial charge is 0.131 e. The molecule has 210 valence electrons. The van der Waals surface area contributed by atoms with Crippen LogP contribution in [0.4, 0.5) is 8.78 Å². The maximum absolute atomic E-state index is 15.3. The summed E-state index contributed by atoms with van der Waals surface area (Å²) in [6.45, 7) is 4.53. The summed E-state index contributed by atoms with van der Waals surface area (Å²) in [5.74, 6) is 2.03. The van der Waals surface area contributed by atoms with Crippen molar-refractivity contribution >= 4 is 0 Å². The van der Waals surface area contributed by atoms with E-state index in [-0.39, 0.29) is 11.6 Å². The van der Waals surface area contributed by atoms with Gasteiger partial charge in [-0.3, -0.25) is 0 Å². The molecule has 38 heavy (non-hydrogen) atoms. The first-order valence-electron chi connectivity index (χ1n) is 16.2. The SMILES string of the molecule is CCCCCCC1CCC(c2ccc(-c3ccc(C4CCC(CCCCCC)CC4)cc3F)c(F)c2)CC1. The molecule has 2 aromatic carbocycles. The summed E-state index contributed by atoms with van der Waals surface area (Å²) in [4.78, 5) is 0. The molecule has 0 unspecified atom stereocenters. The van der Waals surface area contributed by atoms with Crippen LogP contribution in [0.3, 0.4) is 0 Å². The van der Waals surface area contributed by atoms with E-state index in [4.69, 9.17) is 0 Å². The molecular formula is C36H52F2. The highest BCUT2D eigenvalue weighted by Gasteiger charge is 2.25. The molecule has 0 radical (unpaired) electrons. The van der Waals surface area contributed by atoms with Crippen molar-refractivity contribution in [1.82, 2.24) is 0 Å². The van der Waals surface area contributed by atoms with E-state index in [1.165, 1.54) is 89.9 Å². The van der Waals surface area contributed by atoms with Gasteiger partial charge in [-0.1, -0.05) is 102 Å². The lowest BCUT2D eigenvalue weighted by atomic mass is 9.76. The van der Waals surface area contributed by atoms with Gasteiger partial charge in [-0.2, -0.15) is 0 Å². The number of hydrogen-bond acceptors (Lipinski definition) is 0. The number of benzene rings is 2. The van der Waals surface area contributed by atoms with Crippen molar-refractivity contribution in [1.29, 1.82) is 0 Å². The van der Waals surface area contributed by atoms with Gasteiger partial charge in [0.25, 0.3) is 0 Å². The summed E-state index contributed by atoms with van der Waals surface area (Å²) in [6, 6.07) is 11.1. The third-order valence-corrected chi connectivity index (χ3v) is 9.84. The van der Waals surface area contributed by atoms with Crippen LogP contribution in [0.2, 0.25) is 0 Å². The molecule has 2 saturated carbocycles. The van der Waals surface area contributed by atoms with Crippen LogP contribution in [-0.4, -0.2) is 0 Å². The van der Waals surface area contributed by atoms with E-state index in [0.29, 0.717) is 23.0 Å². The van der Waals surface area contributed by atoms with Gasteiger partial charge in [0.15, 0.2) is 0 Å². The molecule has 0 heterocycles. The molecule has 2 aliphatic carbocycles. The number of unbranched alkanes of at least 4 members (excludes halogenated alkanes) is 6. The molecule has 2 aliphatic rings. The zero-order chi connectivity index (χ0) is 26.7. The van der Waals surface area contributed by atoms with Crippen LogP contribution >= 0.6 is 0 Å². The van der Waals surface area contributed by atoms with Gasteiger partial charge in [0, 0.05) is 11.1 Å². The van der Waals surface area contributed by atoms with E-state index in [2.05, 4.69) is 26.0 Å². The van der Waals surface area contributed by atoms with Crippen molar-refractivity contribution < 1.29 is 8.78 Å². The molecule has 0 atom stereocenters. The first kappa shape index (κ1) is 29.3. The van der Waals surface area contributed by atoms with Gasteiger partial charge in [0.2, 0.25) is 0 Å². The van der Waals surface area contributed by atoms with Gasteiger partial charge in [-0.25, -0.2) is 8.78 Å². The molecule has 2 aromatic rings. The lowest BCUT2D eigenvalue weighted by Crippen LogP contribution is -2.14. The Morgan fingerprint density at radius 1 is 0.526 bits per heavy atom. The molecule has 0 N–H and O–H groups in total. The summed E-state index contributed by atoms with van der Waals surface area (Å²) in [6.07, 6.45) is 23.1. The fourth-order valence-corrected chi connectivity index (χ4v) is 7.30. The Morgan fingerprint density at radius 2 is 0.921 bits per heavy atom. The lowest BCUT2D eigenvalue weighted by Gasteiger charge is -2.29. The maximum Gasteiger partial charge on any atom is 0.131 e. The highest BCUT2D eigenvalue weighted by atomic mass is 19.1. The zero-order valence-corrected chi connectivity index (χ0v) is 24.3. The van der Waals surface area contributed by atoms with Gasteiger partial charge in [-0.05, 0) is 98.3 Å². The van der Waals surface area contributed by atoms with E-state index in [1.54, 1.807) is 12.1 Å². The molecular weight excluding hydrogens is 470 g/mol. The highest BCUT2D eigenvalue weighted by molar-refractivity contribution is 5.66. The minimum absolute atomic E-state index is 0.278. The maximum atomic E-state index is 15.3. The van der Waals surface area contributed by atoms with Crippen molar-refractivity contribution in [2.45, 2.75) is 141 Å². The molecule has 0 saturated heterocycles. The van der Waals surface area contributed by atoms with E-state index in [1.807, 2.05) is 12.1 Å². The van der Waals surface area contributed by atoms with E-state index in [0.717, 1.165) is 48.6 Å². The van der Waals surface area contributed by atoms with Gasteiger partial charge >= 0.3 is 0 Å². The molecule has 0 bridgehead atoms. The third-order valence-electron chi connectivity index (χ3n) is 9.84. The summed E-state index contributed by atoms with van der Waals surface area (Å²) in [7, 11) is 0. The average molecular weight is 523 g/mol. The fraction of sp³-hybridized carbons (Fsp3) is 0.667. The van der Waals surface area contributed by atoms with Gasteiger partial charge in [0.05, 0.1) is 0 Å². The van der Waals surface area contributed by atoms with Crippen molar-refractivity contribution in [3.63, 3.8) is 0 Å². The Kier molecular flexibility index (Phi) is 11.7. The topological polar surface area (TPSA) is 0 Å². The van der Waals surface area contributed by atoms with Crippen LogP contribution in [0, 0.1) is 23.5 Å². The number of halogens is 2. The Balaban J connectivity index is 1.30. The molecule has 0 nitrogen and oxygen atoms in total. The van der Waals surface area contributed by atoms with Crippen LogP contribution in [0.1, 0.15) is 152 Å². The van der Waals surface area contributed by atoms with E-state index < -0.39 is 0 Å². The monoisotopic (exact) mass is 522 g/mol. The molecule has 0 aromatic heterocycles. The molecule has 2 heteroatoms. The predicted molar refractivity (Wildman–Crippen MR) is 159 cm³/mol. The number of rotatable bonds is 13. The second-order valence-corrected chi connectivity index (χ2v) is 12.6. The van der Waals surface area contributed by atoms with Crippen LogP contribution in [0.25, 0.3) is 11.1 Å². The Bertz CT molecular complexity index is 884. The molecule has 0 spiro atoms. The van der Waals surface area contributed by atoms with Crippen molar-refractivity contribution in [2.24, 2.45) is 11.8 Å². The molecule has 2 fully saturated rings. The lowest BCUT2D eigenvalue weighted by molar-refractivity contribution is 0.302. The number of hydrogen-bond donors (Lipinski definition) is 0. The molecule has 4 rings (SSSR count). The Hall–Kier alpha value is -1.70. The molecule has 0 aliphatic heterocycles. The second kappa shape index (κ2) is 15.2. The van der Waals surface area contributed by atoms with Crippen molar-refractivity contribution in [2.75, 3.05) is 0 Å². The van der Waals surface area contributed by atoms with Crippen LogP contribution in [0.15, 0.2) is 36.4 Å². The van der Waals surface area contributed by atoms with Crippen LogP contribution in [-0.2, 0) is 0 Å².